The van der Waals surface area contributed by atoms with Crippen molar-refractivity contribution in [2.24, 2.45) is 5.92 Å². The van der Waals surface area contributed by atoms with Crippen LogP contribution in [0.4, 0.5) is 5.69 Å². The largest absolute Gasteiger partial charge is 0.465 e. The Morgan fingerprint density at radius 1 is 1.00 bits per heavy atom. The number of ether oxygens (including phenoxy) is 2. The Bertz CT molecular complexity index is 1230. The molecule has 2 aliphatic heterocycles. The summed E-state index contributed by atoms with van der Waals surface area (Å²) >= 11 is 8.46. The molecule has 0 radical (unpaired) electrons. The SMILES string of the molecule is COC(=O)C1=C(C(=O)OC)SC(=C2C(=S)C(C)(C)N(C(=O)CCC3CCCCC3)c3c(C)cc(C)cc32)S1. The summed E-state index contributed by atoms with van der Waals surface area (Å²) in [6.45, 7) is 8.00. The van der Waals surface area contributed by atoms with Crippen LogP contribution in [0.1, 0.15) is 75.5 Å². The maximum atomic E-state index is 13.9. The van der Waals surface area contributed by atoms with Crippen LogP contribution in [0.5, 0.6) is 0 Å². The van der Waals surface area contributed by atoms with E-state index in [1.54, 1.807) is 0 Å². The second kappa shape index (κ2) is 11.6. The number of carbonyl (C=O) groups excluding carboxylic acids is 3. The summed E-state index contributed by atoms with van der Waals surface area (Å²) in [7, 11) is 2.57. The zero-order chi connectivity index (χ0) is 27.8. The molecule has 0 aromatic heterocycles. The van der Waals surface area contributed by atoms with Crippen LogP contribution in [0.2, 0.25) is 0 Å². The summed E-state index contributed by atoms with van der Waals surface area (Å²) < 4.78 is 10.6. The van der Waals surface area contributed by atoms with E-state index < -0.39 is 17.5 Å². The second-order valence-electron chi connectivity index (χ2n) is 10.6. The lowest BCUT2D eigenvalue weighted by molar-refractivity contribution is -0.138. The molecule has 0 unspecified atom stereocenters. The molecule has 6 nitrogen and oxygen atoms in total. The molecule has 0 spiro atoms. The summed E-state index contributed by atoms with van der Waals surface area (Å²) in [5.41, 5.74) is 3.72. The highest BCUT2D eigenvalue weighted by atomic mass is 32.2. The van der Waals surface area contributed by atoms with Crippen molar-refractivity contribution in [2.75, 3.05) is 19.1 Å². The summed E-state index contributed by atoms with van der Waals surface area (Å²) in [5.74, 6) is -0.510. The fraction of sp³-hybridized carbons (Fsp3) is 0.517. The number of amides is 1. The van der Waals surface area contributed by atoms with Crippen LogP contribution in [0.15, 0.2) is 26.2 Å². The van der Waals surface area contributed by atoms with E-state index in [4.69, 9.17) is 21.7 Å². The Kier molecular flexibility index (Phi) is 8.79. The van der Waals surface area contributed by atoms with Gasteiger partial charge >= 0.3 is 11.9 Å². The number of nitrogens with zero attached hydrogens (tertiary/aromatic N) is 1. The molecule has 9 heteroatoms. The quantitative estimate of drug-likeness (QED) is 0.215. The first-order valence-corrected chi connectivity index (χ1v) is 15.1. The van der Waals surface area contributed by atoms with Gasteiger partial charge in [0.2, 0.25) is 5.91 Å². The van der Waals surface area contributed by atoms with E-state index in [0.29, 0.717) is 21.4 Å². The molecular weight excluding hydrogens is 539 g/mol. The molecular formula is C29H35NO5S3. The molecule has 38 heavy (non-hydrogen) atoms. The summed E-state index contributed by atoms with van der Waals surface area (Å²) in [6, 6.07) is 4.13. The van der Waals surface area contributed by atoms with Gasteiger partial charge in [-0.05, 0) is 51.7 Å². The molecule has 1 aromatic carbocycles. The molecule has 3 aliphatic rings. The van der Waals surface area contributed by atoms with Crippen LogP contribution >= 0.6 is 35.7 Å². The topological polar surface area (TPSA) is 72.9 Å². The molecule has 0 atom stereocenters. The van der Waals surface area contributed by atoms with Gasteiger partial charge in [0, 0.05) is 17.6 Å². The summed E-state index contributed by atoms with van der Waals surface area (Å²) in [6.07, 6.45) is 7.58. The van der Waals surface area contributed by atoms with Gasteiger partial charge in [0.05, 0.1) is 34.5 Å². The van der Waals surface area contributed by atoms with Gasteiger partial charge in [0.25, 0.3) is 0 Å². The Hall–Kier alpha value is -2.10. The zero-order valence-corrected chi connectivity index (χ0v) is 25.3. The first-order valence-electron chi connectivity index (χ1n) is 13.0. The number of hydrogen-bond donors (Lipinski definition) is 0. The third-order valence-corrected chi connectivity index (χ3v) is 10.8. The van der Waals surface area contributed by atoms with Crippen molar-refractivity contribution in [1.29, 1.82) is 0 Å². The van der Waals surface area contributed by atoms with Crippen LogP contribution in [0, 0.1) is 19.8 Å². The van der Waals surface area contributed by atoms with Crippen molar-refractivity contribution in [3.63, 3.8) is 0 Å². The summed E-state index contributed by atoms with van der Waals surface area (Å²) in [5, 5.41) is 0. The lowest BCUT2D eigenvalue weighted by Gasteiger charge is -2.46. The molecule has 1 aromatic rings. The van der Waals surface area contributed by atoms with Gasteiger partial charge in [-0.3, -0.25) is 4.79 Å². The third-order valence-electron chi connectivity index (χ3n) is 7.56. The average Bonchev–Trinajstić information content (AvgIpc) is 3.33. The van der Waals surface area contributed by atoms with Crippen molar-refractivity contribution in [3.05, 3.63) is 42.9 Å². The van der Waals surface area contributed by atoms with Gasteiger partial charge in [-0.25, -0.2) is 9.59 Å². The molecule has 1 amide bonds. The fourth-order valence-corrected chi connectivity index (χ4v) is 8.70. The third kappa shape index (κ3) is 5.34. The van der Waals surface area contributed by atoms with Gasteiger partial charge in [-0.2, -0.15) is 0 Å². The minimum atomic E-state index is -0.783. The van der Waals surface area contributed by atoms with Gasteiger partial charge < -0.3 is 14.4 Å². The van der Waals surface area contributed by atoms with E-state index in [1.165, 1.54) is 69.8 Å². The highest BCUT2D eigenvalue weighted by Gasteiger charge is 2.46. The van der Waals surface area contributed by atoms with Crippen molar-refractivity contribution >= 4 is 69.7 Å². The van der Waals surface area contributed by atoms with Crippen molar-refractivity contribution in [1.82, 2.24) is 0 Å². The van der Waals surface area contributed by atoms with Gasteiger partial charge in [-0.1, -0.05) is 79.5 Å². The van der Waals surface area contributed by atoms with Crippen molar-refractivity contribution < 1.29 is 23.9 Å². The van der Waals surface area contributed by atoms with E-state index in [9.17, 15) is 14.4 Å². The Labute approximate surface area is 239 Å². The molecule has 2 heterocycles. The molecule has 204 valence electrons. The Balaban J connectivity index is 1.80. The highest BCUT2D eigenvalue weighted by molar-refractivity contribution is 8.29. The van der Waals surface area contributed by atoms with E-state index in [2.05, 4.69) is 6.07 Å². The maximum absolute atomic E-state index is 13.9. The van der Waals surface area contributed by atoms with Crippen LogP contribution in [-0.4, -0.2) is 42.5 Å². The number of hydrogen-bond acceptors (Lipinski definition) is 8. The summed E-state index contributed by atoms with van der Waals surface area (Å²) in [4.78, 5) is 41.9. The molecule has 0 saturated heterocycles. The van der Waals surface area contributed by atoms with Crippen LogP contribution in [0.25, 0.3) is 5.57 Å². The number of esters is 2. The highest BCUT2D eigenvalue weighted by Crippen LogP contribution is 2.56. The second-order valence-corrected chi connectivity index (χ2v) is 13.4. The van der Waals surface area contributed by atoms with Crippen molar-refractivity contribution in [3.8, 4) is 0 Å². The molecule has 0 bridgehead atoms. The number of thiocarbonyl (C=S) groups is 1. The van der Waals surface area contributed by atoms with E-state index in [1.807, 2.05) is 38.7 Å². The number of carbonyl (C=O) groups is 3. The normalized spacial score (nSPS) is 19.5. The van der Waals surface area contributed by atoms with Gasteiger partial charge in [0.1, 0.15) is 9.81 Å². The van der Waals surface area contributed by atoms with Crippen LogP contribution in [0.3, 0.4) is 0 Å². The predicted molar refractivity (Wildman–Crippen MR) is 159 cm³/mol. The maximum Gasteiger partial charge on any atom is 0.346 e. The smallest absolute Gasteiger partial charge is 0.346 e. The van der Waals surface area contributed by atoms with E-state index in [-0.39, 0.29) is 15.7 Å². The zero-order valence-electron chi connectivity index (χ0n) is 22.9. The fourth-order valence-electron chi connectivity index (χ4n) is 5.67. The van der Waals surface area contributed by atoms with Gasteiger partial charge in [0.15, 0.2) is 0 Å². The number of thioether (sulfide) groups is 2. The number of benzene rings is 1. The number of fused-ring (bicyclic) bond motifs is 1. The Morgan fingerprint density at radius 2 is 1.58 bits per heavy atom. The molecule has 1 fully saturated rings. The standard InChI is InChI=1S/C29H35NO5S3/c1-16-14-17(2)22-19(15-16)21(28-37-23(26(32)34-5)24(38-28)27(33)35-6)25(36)29(3,4)30(22)20(31)13-12-18-10-8-7-9-11-18/h14-15,18H,7-13H2,1-6H3. The first-order chi connectivity index (χ1) is 18.0. The van der Waals surface area contributed by atoms with E-state index >= 15 is 0 Å². The molecule has 0 N–H and O–H groups in total. The predicted octanol–water partition coefficient (Wildman–Crippen LogP) is 6.87. The van der Waals surface area contributed by atoms with Crippen molar-refractivity contribution in [2.45, 2.75) is 78.2 Å². The number of rotatable bonds is 5. The number of anilines is 1. The number of aryl methyl sites for hydroxylation is 2. The molecule has 4 rings (SSSR count). The first kappa shape index (κ1) is 28.9. The van der Waals surface area contributed by atoms with Crippen LogP contribution < -0.4 is 4.90 Å². The molecule has 1 aliphatic carbocycles. The molecule has 1 saturated carbocycles. The minimum absolute atomic E-state index is 0.0792. The number of methoxy groups -OCH3 is 2. The lowest BCUT2D eigenvalue weighted by Crippen LogP contribution is -2.56. The lowest BCUT2D eigenvalue weighted by atomic mass is 9.80. The Morgan fingerprint density at radius 3 is 2.13 bits per heavy atom. The monoisotopic (exact) mass is 573 g/mol. The average molecular weight is 574 g/mol. The van der Waals surface area contributed by atoms with Crippen LogP contribution in [-0.2, 0) is 23.9 Å². The minimum Gasteiger partial charge on any atom is -0.465 e. The van der Waals surface area contributed by atoms with E-state index in [0.717, 1.165) is 34.4 Å². The van der Waals surface area contributed by atoms with Gasteiger partial charge in [-0.15, -0.1) is 0 Å².